The molecule has 10 nitrogen and oxygen atoms in total. The second-order valence-corrected chi connectivity index (χ2v) is 8.42. The zero-order valence-electron chi connectivity index (χ0n) is 18.0. The van der Waals surface area contributed by atoms with Crippen molar-refractivity contribution < 1.29 is 33.0 Å². The fraction of sp³-hybridized carbons (Fsp3) is 0.500. The van der Waals surface area contributed by atoms with Gasteiger partial charge < -0.3 is 14.6 Å². The number of pyridine rings is 1. The number of aromatic nitrogens is 3. The zero-order chi connectivity index (χ0) is 23.8. The van der Waals surface area contributed by atoms with Gasteiger partial charge in [-0.1, -0.05) is 0 Å². The molecule has 1 aliphatic rings. The van der Waals surface area contributed by atoms with Gasteiger partial charge in [0.15, 0.2) is 17.5 Å². The molecule has 0 radical (unpaired) electrons. The van der Waals surface area contributed by atoms with Crippen LogP contribution < -0.4 is 10.5 Å². The van der Waals surface area contributed by atoms with Gasteiger partial charge in [-0.25, -0.2) is 9.48 Å². The summed E-state index contributed by atoms with van der Waals surface area (Å²) in [6.07, 6.45) is 0.840. The van der Waals surface area contributed by atoms with Crippen LogP contribution in [0, 0.1) is 0 Å². The summed E-state index contributed by atoms with van der Waals surface area (Å²) in [4.78, 5) is 38.2. The van der Waals surface area contributed by atoms with Gasteiger partial charge in [0.1, 0.15) is 5.60 Å². The van der Waals surface area contributed by atoms with E-state index < -0.39 is 41.3 Å². The molecule has 0 spiro atoms. The van der Waals surface area contributed by atoms with Crippen molar-refractivity contribution in [1.82, 2.24) is 14.3 Å². The molecule has 0 aliphatic carbocycles. The van der Waals surface area contributed by atoms with Gasteiger partial charge in [0.25, 0.3) is 11.5 Å². The van der Waals surface area contributed by atoms with Crippen molar-refractivity contribution in [3.8, 4) is 5.69 Å². The van der Waals surface area contributed by atoms with E-state index in [1.54, 1.807) is 20.8 Å². The highest BCUT2D eigenvalue weighted by molar-refractivity contribution is 6.01. The second kappa shape index (κ2) is 8.43. The lowest BCUT2D eigenvalue weighted by molar-refractivity contribution is -0.194. The van der Waals surface area contributed by atoms with Crippen LogP contribution in [0.1, 0.15) is 34.2 Å². The fourth-order valence-electron chi connectivity index (χ4n) is 3.09. The average molecular weight is 454 g/mol. The number of esters is 1. The third kappa shape index (κ3) is 4.70. The number of ether oxygens (including phenoxy) is 2. The van der Waals surface area contributed by atoms with E-state index in [4.69, 9.17) is 9.47 Å². The number of hydrogen-bond donors (Lipinski definition) is 1. The lowest BCUT2D eigenvalue weighted by Crippen LogP contribution is -2.61. The number of morpholine rings is 1. The lowest BCUT2D eigenvalue weighted by atomic mass is 9.96. The number of halogens is 2. The van der Waals surface area contributed by atoms with Crippen LogP contribution >= 0.6 is 0 Å². The summed E-state index contributed by atoms with van der Waals surface area (Å²) >= 11 is 0. The van der Waals surface area contributed by atoms with Crippen molar-refractivity contribution >= 4 is 17.7 Å². The van der Waals surface area contributed by atoms with Gasteiger partial charge in [0, 0.05) is 24.5 Å². The highest BCUT2D eigenvalue weighted by Gasteiger charge is 2.50. The molecule has 0 aromatic carbocycles. The Hall–Kier alpha value is -3.12. The molecule has 2 atom stereocenters. The Bertz CT molecular complexity index is 1070. The molecule has 174 valence electrons. The quantitative estimate of drug-likeness (QED) is 0.676. The van der Waals surface area contributed by atoms with E-state index in [0.717, 1.165) is 19.2 Å². The number of anilines is 1. The summed E-state index contributed by atoms with van der Waals surface area (Å²) in [7, 11) is 0. The molecule has 1 fully saturated rings. The summed E-state index contributed by atoms with van der Waals surface area (Å²) in [5.74, 6) is -1.57. The van der Waals surface area contributed by atoms with Crippen molar-refractivity contribution in [2.45, 2.75) is 51.6 Å². The lowest BCUT2D eigenvalue weighted by Gasteiger charge is -2.38. The van der Waals surface area contributed by atoms with E-state index in [-0.39, 0.29) is 29.2 Å². The molecule has 0 unspecified atom stereocenters. The van der Waals surface area contributed by atoms with Gasteiger partial charge in [0.2, 0.25) is 0 Å². The van der Waals surface area contributed by atoms with Gasteiger partial charge in [-0.05, 0) is 33.8 Å². The van der Waals surface area contributed by atoms with Crippen LogP contribution in [0.3, 0.4) is 0 Å². The van der Waals surface area contributed by atoms with E-state index in [1.807, 2.05) is 0 Å². The van der Waals surface area contributed by atoms with Gasteiger partial charge in [-0.2, -0.15) is 8.78 Å². The molecule has 12 heteroatoms. The minimum absolute atomic E-state index is 0.0124. The maximum Gasteiger partial charge on any atom is 0.341 e. The number of alkyl halides is 2. The average Bonchev–Trinajstić information content (AvgIpc) is 3.16. The Kier molecular flexibility index (Phi) is 6.20. The second-order valence-electron chi connectivity index (χ2n) is 8.42. The minimum atomic E-state index is -3.02. The Morgan fingerprint density at radius 2 is 1.94 bits per heavy atom. The maximum absolute atomic E-state index is 13.0. The van der Waals surface area contributed by atoms with Crippen LogP contribution in [-0.4, -0.2) is 61.8 Å². The summed E-state index contributed by atoms with van der Waals surface area (Å²) in [5.41, 5.74) is -3.83. The van der Waals surface area contributed by atoms with E-state index in [1.165, 1.54) is 27.9 Å². The minimum Gasteiger partial charge on any atom is -0.458 e. The monoisotopic (exact) mass is 454 g/mol. The number of amides is 1. The molecule has 0 saturated carbocycles. The predicted molar refractivity (Wildman–Crippen MR) is 108 cm³/mol. The summed E-state index contributed by atoms with van der Waals surface area (Å²) in [6.45, 7) is 3.10. The topological polar surface area (TPSA) is 116 Å². The standard InChI is InChI=1S/C20H24F2N4O6/c1-19(2,3)32-17(29)20(4,30)15-16(28)24(9-10-31-15)13-7-8-26(23-13)12-5-6-14(27)25(11-12)18(21)22/h5-8,11,15,18,30H,9-10H2,1-4H3/t15-,20+/m0/s1. The first-order valence-electron chi connectivity index (χ1n) is 9.76. The molecular weight excluding hydrogens is 430 g/mol. The Morgan fingerprint density at radius 3 is 2.56 bits per heavy atom. The summed E-state index contributed by atoms with van der Waals surface area (Å²) in [6, 6.07) is 3.76. The Labute approximate surface area is 181 Å². The predicted octanol–water partition coefficient (Wildman–Crippen LogP) is 1.25. The van der Waals surface area contributed by atoms with E-state index in [9.17, 15) is 28.3 Å². The first-order chi connectivity index (χ1) is 14.8. The molecule has 3 rings (SSSR count). The van der Waals surface area contributed by atoms with Crippen LogP contribution in [-0.2, 0) is 19.1 Å². The van der Waals surface area contributed by atoms with Crippen LogP contribution in [0.25, 0.3) is 5.69 Å². The van der Waals surface area contributed by atoms with Crippen molar-refractivity contribution in [2.24, 2.45) is 0 Å². The number of nitrogens with zero attached hydrogens (tertiary/aromatic N) is 4. The molecule has 1 N–H and O–H groups in total. The molecular formula is C20H24F2N4O6. The normalized spacial score (nSPS) is 19.2. The highest BCUT2D eigenvalue weighted by atomic mass is 19.3. The molecule has 2 aromatic heterocycles. The zero-order valence-corrected chi connectivity index (χ0v) is 18.0. The van der Waals surface area contributed by atoms with Crippen molar-refractivity contribution in [3.05, 3.63) is 40.9 Å². The smallest absolute Gasteiger partial charge is 0.341 e. The van der Waals surface area contributed by atoms with Crippen LogP contribution in [0.5, 0.6) is 0 Å². The van der Waals surface area contributed by atoms with Gasteiger partial charge >= 0.3 is 12.5 Å². The van der Waals surface area contributed by atoms with E-state index in [2.05, 4.69) is 5.10 Å². The molecule has 2 aromatic rings. The largest absolute Gasteiger partial charge is 0.458 e. The van der Waals surface area contributed by atoms with Crippen molar-refractivity contribution in [2.75, 3.05) is 18.1 Å². The number of aliphatic hydroxyl groups is 1. The highest BCUT2D eigenvalue weighted by Crippen LogP contribution is 2.26. The van der Waals surface area contributed by atoms with E-state index in [0.29, 0.717) is 0 Å². The van der Waals surface area contributed by atoms with Crippen molar-refractivity contribution in [1.29, 1.82) is 0 Å². The summed E-state index contributed by atoms with van der Waals surface area (Å²) in [5, 5.41) is 14.9. The molecule has 0 bridgehead atoms. The third-order valence-electron chi connectivity index (χ3n) is 4.66. The molecule has 1 saturated heterocycles. The number of carbonyl (C=O) groups excluding carboxylic acids is 2. The van der Waals surface area contributed by atoms with Crippen LogP contribution in [0.15, 0.2) is 35.4 Å². The summed E-state index contributed by atoms with van der Waals surface area (Å²) < 4.78 is 38.1. The van der Waals surface area contributed by atoms with Gasteiger partial charge in [-0.15, -0.1) is 5.10 Å². The molecule has 1 amide bonds. The van der Waals surface area contributed by atoms with Crippen LogP contribution in [0.2, 0.25) is 0 Å². The first-order valence-corrected chi connectivity index (χ1v) is 9.76. The number of carbonyl (C=O) groups is 2. The molecule has 3 heterocycles. The van der Waals surface area contributed by atoms with Gasteiger partial charge in [-0.3, -0.25) is 19.1 Å². The maximum atomic E-state index is 13.0. The Morgan fingerprint density at radius 1 is 1.25 bits per heavy atom. The number of hydrogen-bond acceptors (Lipinski definition) is 7. The molecule has 32 heavy (non-hydrogen) atoms. The van der Waals surface area contributed by atoms with Gasteiger partial charge in [0.05, 0.1) is 18.8 Å². The third-order valence-corrected chi connectivity index (χ3v) is 4.66. The number of rotatable bonds is 5. The van der Waals surface area contributed by atoms with Crippen LogP contribution in [0.4, 0.5) is 14.6 Å². The first kappa shape index (κ1) is 23.5. The SMILES string of the molecule is CC(C)(C)OC(=O)[C@](C)(O)[C@H]1OCCN(c2ccn(-c3ccc(=O)n(C(F)F)c3)n2)C1=O. The molecule has 1 aliphatic heterocycles. The fourth-order valence-corrected chi connectivity index (χ4v) is 3.09. The van der Waals surface area contributed by atoms with Crippen molar-refractivity contribution in [3.63, 3.8) is 0 Å². The van der Waals surface area contributed by atoms with E-state index >= 15 is 0 Å². The Balaban J connectivity index is 1.85.